The summed E-state index contributed by atoms with van der Waals surface area (Å²) in [5.74, 6) is 0.704. The molecule has 0 bridgehead atoms. The van der Waals surface area contributed by atoms with Crippen LogP contribution in [0.1, 0.15) is 24.8 Å². The van der Waals surface area contributed by atoms with Crippen molar-refractivity contribution in [3.63, 3.8) is 0 Å². The van der Waals surface area contributed by atoms with Crippen LogP contribution in [0.15, 0.2) is 35.3 Å². The van der Waals surface area contributed by atoms with Crippen LogP contribution >= 0.6 is 0 Å². The number of hydrogen-bond acceptors (Lipinski definition) is 4. The molecule has 0 aliphatic carbocycles. The number of aliphatic hydroxyl groups is 1. The predicted octanol–water partition coefficient (Wildman–Crippen LogP) is 0.257. The first kappa shape index (κ1) is 20.4. The molecule has 0 aliphatic heterocycles. The summed E-state index contributed by atoms with van der Waals surface area (Å²) in [4.78, 5) is 4.12. The fourth-order valence-electron chi connectivity index (χ4n) is 2.08. The summed E-state index contributed by atoms with van der Waals surface area (Å²) >= 11 is 0. The molecular formula is C16H28N4O3S. The van der Waals surface area contributed by atoms with E-state index in [9.17, 15) is 13.5 Å². The van der Waals surface area contributed by atoms with Crippen LogP contribution in [0.4, 0.5) is 0 Å². The summed E-state index contributed by atoms with van der Waals surface area (Å²) in [6.45, 7) is 3.20. The minimum atomic E-state index is -3.13. The monoisotopic (exact) mass is 356 g/mol. The van der Waals surface area contributed by atoms with Crippen molar-refractivity contribution in [3.8, 4) is 0 Å². The molecular weight excluding hydrogens is 328 g/mol. The molecule has 24 heavy (non-hydrogen) atoms. The summed E-state index contributed by atoms with van der Waals surface area (Å²) in [5, 5.41) is 15.8. The number of sulfonamides is 1. The first-order valence-electron chi connectivity index (χ1n) is 8.10. The Morgan fingerprint density at radius 2 is 1.92 bits per heavy atom. The van der Waals surface area contributed by atoms with E-state index in [1.165, 1.54) is 0 Å². The number of guanidine groups is 1. The number of nitrogens with one attached hydrogen (secondary N) is 3. The van der Waals surface area contributed by atoms with Gasteiger partial charge in [-0.2, -0.15) is 0 Å². The van der Waals surface area contributed by atoms with Crippen molar-refractivity contribution < 1.29 is 13.5 Å². The van der Waals surface area contributed by atoms with Crippen LogP contribution < -0.4 is 15.4 Å². The van der Waals surface area contributed by atoms with Gasteiger partial charge >= 0.3 is 0 Å². The smallest absolute Gasteiger partial charge is 0.211 e. The Morgan fingerprint density at radius 3 is 2.50 bits per heavy atom. The van der Waals surface area contributed by atoms with Crippen LogP contribution in [0.25, 0.3) is 0 Å². The molecule has 1 atom stereocenters. The van der Waals surface area contributed by atoms with Crippen LogP contribution in [0.5, 0.6) is 0 Å². The molecule has 0 amide bonds. The number of rotatable bonds is 10. The summed E-state index contributed by atoms with van der Waals surface area (Å²) < 4.78 is 25.1. The molecule has 7 nitrogen and oxygen atoms in total. The van der Waals surface area contributed by atoms with Crippen LogP contribution in [0.2, 0.25) is 0 Å². The molecule has 0 saturated carbocycles. The highest BCUT2D eigenvalue weighted by Gasteiger charge is 2.10. The van der Waals surface area contributed by atoms with E-state index in [-0.39, 0.29) is 18.3 Å². The van der Waals surface area contributed by atoms with Gasteiger partial charge in [-0.1, -0.05) is 30.3 Å². The van der Waals surface area contributed by atoms with Crippen LogP contribution in [-0.2, 0) is 10.0 Å². The lowest BCUT2D eigenvalue weighted by atomic mass is 10.0. The minimum absolute atomic E-state index is 0.0129. The Labute approximate surface area is 144 Å². The van der Waals surface area contributed by atoms with Gasteiger partial charge < -0.3 is 15.7 Å². The molecule has 1 aromatic rings. The lowest BCUT2D eigenvalue weighted by Crippen LogP contribution is -2.41. The van der Waals surface area contributed by atoms with Crippen LogP contribution in [0, 0.1) is 0 Å². The summed E-state index contributed by atoms with van der Waals surface area (Å²) in [6, 6.07) is 9.81. The molecule has 0 heterocycles. The van der Waals surface area contributed by atoms with E-state index in [0.29, 0.717) is 32.0 Å². The zero-order chi connectivity index (χ0) is 17.8. The van der Waals surface area contributed by atoms with Gasteiger partial charge in [-0.3, -0.25) is 4.99 Å². The van der Waals surface area contributed by atoms with Crippen molar-refractivity contribution in [2.24, 2.45) is 4.99 Å². The largest absolute Gasteiger partial charge is 0.396 e. The molecule has 0 radical (unpaired) electrons. The third-order valence-electron chi connectivity index (χ3n) is 3.58. The maximum atomic E-state index is 11.3. The van der Waals surface area contributed by atoms with Crippen molar-refractivity contribution in [2.75, 3.05) is 39.0 Å². The number of benzene rings is 1. The van der Waals surface area contributed by atoms with E-state index in [1.807, 2.05) is 30.3 Å². The zero-order valence-corrected chi connectivity index (χ0v) is 15.1. The van der Waals surface area contributed by atoms with Gasteiger partial charge in [0.05, 0.1) is 12.4 Å². The topological polar surface area (TPSA) is 103 Å². The average Bonchev–Trinajstić information content (AvgIpc) is 2.61. The molecule has 1 aromatic carbocycles. The molecule has 136 valence electrons. The van der Waals surface area contributed by atoms with Gasteiger partial charge in [0.1, 0.15) is 0 Å². The summed E-state index contributed by atoms with van der Waals surface area (Å²) in [7, 11) is -1.46. The molecule has 0 fully saturated rings. The number of nitrogens with zero attached hydrogens (tertiary/aromatic N) is 1. The third kappa shape index (κ3) is 7.76. The van der Waals surface area contributed by atoms with Crippen LogP contribution in [0.3, 0.4) is 0 Å². The van der Waals surface area contributed by atoms with E-state index < -0.39 is 10.0 Å². The standard InChI is InChI=1S/C16H28N4O3S/c1-3-24(22,23)20-11-7-10-18-16(17-2)19-12-15(13-21)14-8-5-4-6-9-14/h4-6,8-9,15,20-21H,3,7,10-13H2,1-2H3,(H2,17,18,19). The molecule has 0 saturated heterocycles. The highest BCUT2D eigenvalue weighted by molar-refractivity contribution is 7.89. The Morgan fingerprint density at radius 1 is 1.21 bits per heavy atom. The Kier molecular flexibility index (Phi) is 9.36. The second-order valence-corrected chi connectivity index (χ2v) is 7.42. The van der Waals surface area contributed by atoms with Crippen molar-refractivity contribution in [1.29, 1.82) is 0 Å². The molecule has 4 N–H and O–H groups in total. The molecule has 1 unspecified atom stereocenters. The van der Waals surface area contributed by atoms with Crippen LogP contribution in [-0.4, -0.2) is 58.5 Å². The van der Waals surface area contributed by atoms with Crippen molar-refractivity contribution >= 4 is 16.0 Å². The Hall–Kier alpha value is -1.64. The minimum Gasteiger partial charge on any atom is -0.396 e. The molecule has 0 spiro atoms. The SMILES string of the molecule is CCS(=O)(=O)NCCCNC(=NC)NCC(CO)c1ccccc1. The first-order chi connectivity index (χ1) is 11.5. The van der Waals surface area contributed by atoms with Gasteiger partial charge in [0.15, 0.2) is 5.96 Å². The van der Waals surface area contributed by atoms with Crippen molar-refractivity contribution in [1.82, 2.24) is 15.4 Å². The fourth-order valence-corrected chi connectivity index (χ4v) is 2.74. The van der Waals surface area contributed by atoms with E-state index >= 15 is 0 Å². The highest BCUT2D eigenvalue weighted by Crippen LogP contribution is 2.13. The maximum absolute atomic E-state index is 11.3. The lowest BCUT2D eigenvalue weighted by Gasteiger charge is -2.18. The zero-order valence-electron chi connectivity index (χ0n) is 14.3. The lowest BCUT2D eigenvalue weighted by molar-refractivity contribution is 0.265. The highest BCUT2D eigenvalue weighted by atomic mass is 32.2. The normalized spacial score (nSPS) is 13.5. The molecule has 0 aliphatic rings. The first-order valence-corrected chi connectivity index (χ1v) is 9.75. The Bertz CT molecular complexity index is 591. The molecule has 1 rings (SSSR count). The van der Waals surface area contributed by atoms with Gasteiger partial charge in [0, 0.05) is 32.6 Å². The van der Waals surface area contributed by atoms with Crippen molar-refractivity contribution in [3.05, 3.63) is 35.9 Å². The van der Waals surface area contributed by atoms with Gasteiger partial charge in [-0.15, -0.1) is 0 Å². The van der Waals surface area contributed by atoms with E-state index in [4.69, 9.17) is 0 Å². The second kappa shape index (κ2) is 11.0. The average molecular weight is 356 g/mol. The number of aliphatic hydroxyl groups excluding tert-OH is 1. The van der Waals surface area contributed by atoms with E-state index in [0.717, 1.165) is 5.56 Å². The van der Waals surface area contributed by atoms with Gasteiger partial charge in [0.2, 0.25) is 10.0 Å². The number of aliphatic imine (C=N–C) groups is 1. The van der Waals surface area contributed by atoms with Gasteiger partial charge in [-0.05, 0) is 18.9 Å². The molecule has 8 heteroatoms. The van der Waals surface area contributed by atoms with E-state index in [1.54, 1.807) is 14.0 Å². The quantitative estimate of drug-likeness (QED) is 0.274. The second-order valence-electron chi connectivity index (χ2n) is 5.32. The molecule has 0 aromatic heterocycles. The third-order valence-corrected chi connectivity index (χ3v) is 4.98. The summed E-state index contributed by atoms with van der Waals surface area (Å²) in [5.41, 5.74) is 1.07. The van der Waals surface area contributed by atoms with Gasteiger partial charge in [0.25, 0.3) is 0 Å². The van der Waals surface area contributed by atoms with E-state index in [2.05, 4.69) is 20.3 Å². The maximum Gasteiger partial charge on any atom is 0.211 e. The summed E-state index contributed by atoms with van der Waals surface area (Å²) in [6.07, 6.45) is 0.655. The van der Waals surface area contributed by atoms with Crippen molar-refractivity contribution in [2.45, 2.75) is 19.3 Å². The number of hydrogen-bond donors (Lipinski definition) is 4. The fraction of sp³-hybridized carbons (Fsp3) is 0.562. The van der Waals surface area contributed by atoms with Gasteiger partial charge in [-0.25, -0.2) is 13.1 Å². The predicted molar refractivity (Wildman–Crippen MR) is 97.7 cm³/mol. The Balaban J connectivity index is 2.32.